The fourth-order valence-electron chi connectivity index (χ4n) is 3.11. The number of alkyl halides is 1. The molecule has 2 heterocycles. The van der Waals surface area contributed by atoms with E-state index in [1.807, 2.05) is 24.4 Å². The Kier molecular flexibility index (Phi) is 11.1. The van der Waals surface area contributed by atoms with E-state index < -0.39 is 0 Å². The molecule has 1 saturated heterocycles. The van der Waals surface area contributed by atoms with Crippen molar-refractivity contribution in [1.82, 2.24) is 15.2 Å². The van der Waals surface area contributed by atoms with Gasteiger partial charge in [0.15, 0.2) is 0 Å². The Morgan fingerprint density at radius 1 is 1.22 bits per heavy atom. The summed E-state index contributed by atoms with van der Waals surface area (Å²) < 4.78 is 5.70. The predicted molar refractivity (Wildman–Crippen MR) is 113 cm³/mol. The smallest absolute Gasteiger partial charge is 0.220 e. The normalized spacial score (nSPS) is 15.1. The summed E-state index contributed by atoms with van der Waals surface area (Å²) in [7, 11) is 0. The van der Waals surface area contributed by atoms with Crippen molar-refractivity contribution < 1.29 is 9.53 Å². The molecule has 5 nitrogen and oxygen atoms in total. The van der Waals surface area contributed by atoms with Crippen LogP contribution in [0.25, 0.3) is 0 Å². The number of aromatic nitrogens is 1. The van der Waals surface area contributed by atoms with E-state index in [1.165, 1.54) is 37.9 Å². The Morgan fingerprint density at radius 2 is 2.07 bits per heavy atom. The number of pyridine rings is 1. The van der Waals surface area contributed by atoms with Crippen LogP contribution in [-0.4, -0.2) is 47.4 Å². The number of carbonyl (C=O) groups excluding carboxylic acids is 1. The Hall–Kier alpha value is -1.40. The Bertz CT molecular complexity index is 574. The second-order valence-corrected chi connectivity index (χ2v) is 7.72. The Morgan fingerprint density at radius 3 is 2.89 bits per heavy atom. The van der Waals surface area contributed by atoms with Crippen LogP contribution in [-0.2, 0) is 11.3 Å². The van der Waals surface area contributed by atoms with Crippen LogP contribution in [0.4, 0.5) is 0 Å². The SMILES string of the molecule is O=C(CCCCCBr)NC/C=C\COc1cc(CN2CCCCC2)ccn1. The Balaban J connectivity index is 1.60. The van der Waals surface area contributed by atoms with Gasteiger partial charge in [0.25, 0.3) is 0 Å². The summed E-state index contributed by atoms with van der Waals surface area (Å²) in [6.45, 7) is 4.34. The molecule has 2 rings (SSSR count). The van der Waals surface area contributed by atoms with E-state index >= 15 is 0 Å². The number of carbonyl (C=O) groups is 1. The molecule has 0 spiro atoms. The summed E-state index contributed by atoms with van der Waals surface area (Å²) in [4.78, 5) is 18.4. The largest absolute Gasteiger partial charge is 0.473 e. The molecule has 1 aliphatic rings. The van der Waals surface area contributed by atoms with Crippen molar-refractivity contribution in [2.75, 3.05) is 31.6 Å². The molecule has 0 aromatic carbocycles. The van der Waals surface area contributed by atoms with Crippen molar-refractivity contribution in [3.8, 4) is 5.88 Å². The van der Waals surface area contributed by atoms with Crippen molar-refractivity contribution in [3.63, 3.8) is 0 Å². The van der Waals surface area contributed by atoms with Gasteiger partial charge in [-0.2, -0.15) is 0 Å². The van der Waals surface area contributed by atoms with E-state index in [0.717, 1.165) is 31.1 Å². The first kappa shape index (κ1) is 21.9. The standard InChI is InChI=1S/C21H32BrN3O2/c22-11-4-1-3-9-20(26)23-12-5-8-16-27-21-17-19(10-13-24-21)18-25-14-6-2-7-15-25/h5,8,10,13,17H,1-4,6-7,9,11-12,14-16,18H2,(H,23,26)/b8-5-. The predicted octanol–water partition coefficient (Wildman–Crippen LogP) is 4.07. The molecule has 0 unspecified atom stereocenters. The topological polar surface area (TPSA) is 54.5 Å². The van der Waals surface area contributed by atoms with Gasteiger partial charge in [-0.05, 0) is 56.5 Å². The van der Waals surface area contributed by atoms with E-state index in [2.05, 4.69) is 37.2 Å². The fourth-order valence-corrected chi connectivity index (χ4v) is 3.50. The number of unbranched alkanes of at least 4 members (excludes halogenated alkanes) is 2. The summed E-state index contributed by atoms with van der Waals surface area (Å²) >= 11 is 3.40. The van der Waals surface area contributed by atoms with Crippen molar-refractivity contribution in [2.45, 2.75) is 51.5 Å². The number of piperidine rings is 1. The molecule has 150 valence electrons. The van der Waals surface area contributed by atoms with Crippen LogP contribution >= 0.6 is 15.9 Å². The lowest BCUT2D eigenvalue weighted by Crippen LogP contribution is -2.29. The van der Waals surface area contributed by atoms with Gasteiger partial charge in [0.2, 0.25) is 11.8 Å². The average Bonchev–Trinajstić information content (AvgIpc) is 2.69. The van der Waals surface area contributed by atoms with Crippen LogP contribution in [0.1, 0.15) is 50.5 Å². The maximum atomic E-state index is 11.7. The van der Waals surface area contributed by atoms with E-state index in [-0.39, 0.29) is 5.91 Å². The van der Waals surface area contributed by atoms with Crippen LogP contribution in [0.15, 0.2) is 30.5 Å². The minimum atomic E-state index is 0.113. The van der Waals surface area contributed by atoms with Crippen LogP contribution in [0, 0.1) is 0 Å². The zero-order valence-electron chi connectivity index (χ0n) is 16.2. The highest BCUT2D eigenvalue weighted by molar-refractivity contribution is 9.09. The van der Waals surface area contributed by atoms with Gasteiger partial charge in [0, 0.05) is 37.1 Å². The highest BCUT2D eigenvalue weighted by atomic mass is 79.9. The van der Waals surface area contributed by atoms with Gasteiger partial charge in [-0.25, -0.2) is 4.98 Å². The molecular formula is C21H32BrN3O2. The van der Waals surface area contributed by atoms with Crippen LogP contribution in [0.5, 0.6) is 5.88 Å². The van der Waals surface area contributed by atoms with Gasteiger partial charge >= 0.3 is 0 Å². The van der Waals surface area contributed by atoms with Gasteiger partial charge in [-0.3, -0.25) is 9.69 Å². The van der Waals surface area contributed by atoms with Gasteiger partial charge in [-0.15, -0.1) is 0 Å². The van der Waals surface area contributed by atoms with Crippen molar-refractivity contribution in [3.05, 3.63) is 36.0 Å². The van der Waals surface area contributed by atoms with E-state index in [4.69, 9.17) is 4.74 Å². The molecule has 6 heteroatoms. The molecule has 1 aliphatic heterocycles. The lowest BCUT2D eigenvalue weighted by atomic mass is 10.1. The molecule has 0 bridgehead atoms. The number of nitrogens with zero attached hydrogens (tertiary/aromatic N) is 2. The minimum Gasteiger partial charge on any atom is -0.473 e. The maximum Gasteiger partial charge on any atom is 0.220 e. The van der Waals surface area contributed by atoms with Crippen molar-refractivity contribution in [2.24, 2.45) is 0 Å². The van der Waals surface area contributed by atoms with E-state index in [0.29, 0.717) is 25.5 Å². The third-order valence-corrected chi connectivity index (χ3v) is 5.16. The molecule has 0 radical (unpaired) electrons. The molecule has 0 saturated carbocycles. The highest BCUT2D eigenvalue weighted by Gasteiger charge is 2.10. The number of likely N-dealkylation sites (tertiary alicyclic amines) is 1. The van der Waals surface area contributed by atoms with Crippen molar-refractivity contribution in [1.29, 1.82) is 0 Å². The second-order valence-electron chi connectivity index (χ2n) is 6.93. The third kappa shape index (κ3) is 9.91. The van der Waals surface area contributed by atoms with E-state index in [9.17, 15) is 4.79 Å². The molecular weight excluding hydrogens is 406 g/mol. The fraction of sp³-hybridized carbons (Fsp3) is 0.619. The minimum absolute atomic E-state index is 0.113. The first-order chi connectivity index (χ1) is 13.3. The van der Waals surface area contributed by atoms with Gasteiger partial charge < -0.3 is 10.1 Å². The number of halogens is 1. The molecule has 1 aromatic rings. The van der Waals surface area contributed by atoms with Gasteiger partial charge in [-0.1, -0.05) is 34.8 Å². The molecule has 1 N–H and O–H groups in total. The summed E-state index contributed by atoms with van der Waals surface area (Å²) in [5.74, 6) is 0.771. The number of ether oxygens (including phenoxy) is 1. The number of nitrogens with one attached hydrogen (secondary N) is 1. The Labute approximate surface area is 171 Å². The highest BCUT2D eigenvalue weighted by Crippen LogP contribution is 2.15. The second kappa shape index (κ2) is 13.7. The van der Waals surface area contributed by atoms with Gasteiger partial charge in [0.05, 0.1) is 0 Å². The van der Waals surface area contributed by atoms with Crippen LogP contribution < -0.4 is 10.1 Å². The number of hydrogen-bond donors (Lipinski definition) is 1. The quantitative estimate of drug-likeness (QED) is 0.304. The number of rotatable bonds is 12. The molecule has 0 aliphatic carbocycles. The summed E-state index contributed by atoms with van der Waals surface area (Å²) in [5.41, 5.74) is 1.25. The lowest BCUT2D eigenvalue weighted by Gasteiger charge is -2.26. The van der Waals surface area contributed by atoms with Crippen molar-refractivity contribution >= 4 is 21.8 Å². The maximum absolute atomic E-state index is 11.7. The zero-order chi connectivity index (χ0) is 19.2. The summed E-state index contributed by atoms with van der Waals surface area (Å²) in [6, 6.07) is 4.09. The first-order valence-corrected chi connectivity index (χ1v) is 11.2. The molecule has 1 amide bonds. The summed E-state index contributed by atoms with van der Waals surface area (Å²) in [5, 5.41) is 3.91. The summed E-state index contributed by atoms with van der Waals surface area (Å²) in [6.07, 6.45) is 13.4. The molecule has 1 aromatic heterocycles. The average molecular weight is 438 g/mol. The monoisotopic (exact) mass is 437 g/mol. The third-order valence-electron chi connectivity index (χ3n) is 4.60. The molecule has 1 fully saturated rings. The number of amides is 1. The lowest BCUT2D eigenvalue weighted by molar-refractivity contribution is -0.121. The van der Waals surface area contributed by atoms with Crippen LogP contribution in [0.3, 0.4) is 0 Å². The molecule has 27 heavy (non-hydrogen) atoms. The first-order valence-electron chi connectivity index (χ1n) is 10.1. The van der Waals surface area contributed by atoms with E-state index in [1.54, 1.807) is 0 Å². The van der Waals surface area contributed by atoms with Crippen LogP contribution in [0.2, 0.25) is 0 Å². The number of hydrogen-bond acceptors (Lipinski definition) is 4. The molecule has 0 atom stereocenters. The zero-order valence-corrected chi connectivity index (χ0v) is 17.8. The van der Waals surface area contributed by atoms with Gasteiger partial charge in [0.1, 0.15) is 6.61 Å².